The molecule has 92 valence electrons. The summed E-state index contributed by atoms with van der Waals surface area (Å²) in [6.07, 6.45) is 2.47. The van der Waals surface area contributed by atoms with Crippen molar-refractivity contribution in [1.82, 2.24) is 5.32 Å². The van der Waals surface area contributed by atoms with Gasteiger partial charge in [0.05, 0.1) is 5.60 Å². The highest BCUT2D eigenvalue weighted by molar-refractivity contribution is 5.95. The Kier molecular flexibility index (Phi) is 3.15. The molecular formula is C13H16FNO2. The molecular weight excluding hydrogens is 221 g/mol. The monoisotopic (exact) mass is 237 g/mol. The normalized spacial score (nSPS) is 17.4. The number of hydrogen-bond donors (Lipinski definition) is 2. The van der Waals surface area contributed by atoms with Crippen molar-refractivity contribution >= 4 is 5.91 Å². The van der Waals surface area contributed by atoms with Crippen molar-refractivity contribution in [2.45, 2.75) is 31.8 Å². The highest BCUT2D eigenvalue weighted by Gasteiger charge is 2.34. The maximum Gasteiger partial charge on any atom is 0.251 e. The van der Waals surface area contributed by atoms with E-state index in [0.29, 0.717) is 11.1 Å². The van der Waals surface area contributed by atoms with Crippen LogP contribution < -0.4 is 5.32 Å². The average molecular weight is 237 g/mol. The summed E-state index contributed by atoms with van der Waals surface area (Å²) in [4.78, 5) is 11.8. The van der Waals surface area contributed by atoms with Gasteiger partial charge in [-0.05, 0) is 49.9 Å². The molecule has 0 unspecified atom stereocenters. The number of carbonyl (C=O) groups excluding carboxylic acids is 1. The standard InChI is InChI=1S/C13H16FNO2/c1-9-7-10(14)3-4-11(9)12(16)15-8-13(17)5-2-6-13/h3-4,7,17H,2,5-6,8H2,1H3,(H,15,16). The number of halogens is 1. The molecule has 2 rings (SSSR count). The molecule has 0 atom stereocenters. The Morgan fingerprint density at radius 3 is 2.76 bits per heavy atom. The zero-order valence-electron chi connectivity index (χ0n) is 9.79. The minimum atomic E-state index is -0.733. The lowest BCUT2D eigenvalue weighted by Gasteiger charge is -2.36. The largest absolute Gasteiger partial charge is 0.388 e. The summed E-state index contributed by atoms with van der Waals surface area (Å²) >= 11 is 0. The highest BCUT2D eigenvalue weighted by Crippen LogP contribution is 2.30. The van der Waals surface area contributed by atoms with E-state index in [0.717, 1.165) is 19.3 Å². The van der Waals surface area contributed by atoms with Crippen molar-refractivity contribution < 1.29 is 14.3 Å². The van der Waals surface area contributed by atoms with Gasteiger partial charge in [0, 0.05) is 12.1 Å². The van der Waals surface area contributed by atoms with Crippen LogP contribution in [0, 0.1) is 12.7 Å². The predicted molar refractivity (Wildman–Crippen MR) is 62.3 cm³/mol. The van der Waals surface area contributed by atoms with Crippen LogP contribution in [0.2, 0.25) is 0 Å². The van der Waals surface area contributed by atoms with Crippen LogP contribution in [0.1, 0.15) is 35.2 Å². The summed E-state index contributed by atoms with van der Waals surface area (Å²) < 4.78 is 12.9. The van der Waals surface area contributed by atoms with Crippen molar-refractivity contribution in [2.24, 2.45) is 0 Å². The molecule has 1 aliphatic carbocycles. The number of amides is 1. The summed E-state index contributed by atoms with van der Waals surface area (Å²) in [6, 6.07) is 4.05. The van der Waals surface area contributed by atoms with Crippen molar-refractivity contribution in [1.29, 1.82) is 0 Å². The van der Waals surface area contributed by atoms with E-state index >= 15 is 0 Å². The molecule has 4 heteroatoms. The molecule has 0 aromatic heterocycles. The fourth-order valence-electron chi connectivity index (χ4n) is 1.98. The Hall–Kier alpha value is -1.42. The van der Waals surface area contributed by atoms with Crippen LogP contribution in [0.15, 0.2) is 18.2 Å². The Balaban J connectivity index is 1.99. The van der Waals surface area contributed by atoms with Crippen molar-refractivity contribution in [3.05, 3.63) is 35.1 Å². The molecule has 1 aliphatic rings. The van der Waals surface area contributed by atoms with E-state index in [2.05, 4.69) is 5.32 Å². The molecule has 2 N–H and O–H groups in total. The maximum atomic E-state index is 12.9. The van der Waals surface area contributed by atoms with E-state index in [1.807, 2.05) is 0 Å². The van der Waals surface area contributed by atoms with E-state index in [1.54, 1.807) is 6.92 Å². The van der Waals surface area contributed by atoms with Gasteiger partial charge in [0.25, 0.3) is 5.91 Å². The lowest BCUT2D eigenvalue weighted by molar-refractivity contribution is -0.0300. The van der Waals surface area contributed by atoms with Gasteiger partial charge < -0.3 is 10.4 Å². The molecule has 0 heterocycles. The number of nitrogens with one attached hydrogen (secondary N) is 1. The summed E-state index contributed by atoms with van der Waals surface area (Å²) in [5, 5.41) is 12.5. The van der Waals surface area contributed by atoms with Gasteiger partial charge in [0.15, 0.2) is 0 Å². The first-order valence-corrected chi connectivity index (χ1v) is 5.77. The van der Waals surface area contributed by atoms with Gasteiger partial charge in [0.1, 0.15) is 5.82 Å². The second-order valence-electron chi connectivity index (χ2n) is 4.72. The lowest BCUT2D eigenvalue weighted by Crippen LogP contribution is -2.47. The Labute approximate surface area is 99.7 Å². The number of hydrogen-bond acceptors (Lipinski definition) is 2. The first kappa shape index (κ1) is 12.0. The minimum absolute atomic E-state index is 0.261. The maximum absolute atomic E-state index is 12.9. The molecule has 1 aromatic rings. The van der Waals surface area contributed by atoms with Gasteiger partial charge in [0.2, 0.25) is 0 Å². The molecule has 1 saturated carbocycles. The van der Waals surface area contributed by atoms with Gasteiger partial charge in [-0.15, -0.1) is 0 Å². The molecule has 0 aliphatic heterocycles. The number of carbonyl (C=O) groups is 1. The number of aliphatic hydroxyl groups is 1. The third kappa shape index (κ3) is 2.64. The Morgan fingerprint density at radius 1 is 1.53 bits per heavy atom. The fourth-order valence-corrected chi connectivity index (χ4v) is 1.98. The van der Waals surface area contributed by atoms with Crippen LogP contribution in [-0.4, -0.2) is 23.2 Å². The smallest absolute Gasteiger partial charge is 0.251 e. The molecule has 3 nitrogen and oxygen atoms in total. The van der Waals surface area contributed by atoms with Crippen LogP contribution >= 0.6 is 0 Å². The van der Waals surface area contributed by atoms with Gasteiger partial charge in [-0.3, -0.25) is 4.79 Å². The van der Waals surface area contributed by atoms with E-state index in [9.17, 15) is 14.3 Å². The summed E-state index contributed by atoms with van der Waals surface area (Å²) in [6.45, 7) is 1.96. The number of benzene rings is 1. The molecule has 17 heavy (non-hydrogen) atoms. The minimum Gasteiger partial charge on any atom is -0.388 e. The quantitative estimate of drug-likeness (QED) is 0.841. The number of aryl methyl sites for hydroxylation is 1. The molecule has 0 spiro atoms. The average Bonchev–Trinajstić information content (AvgIpc) is 2.23. The third-order valence-corrected chi connectivity index (χ3v) is 3.30. The Morgan fingerprint density at radius 2 is 2.24 bits per heavy atom. The van der Waals surface area contributed by atoms with E-state index < -0.39 is 5.60 Å². The zero-order chi connectivity index (χ0) is 12.5. The van der Waals surface area contributed by atoms with E-state index in [4.69, 9.17) is 0 Å². The SMILES string of the molecule is Cc1cc(F)ccc1C(=O)NCC1(O)CCC1. The second-order valence-corrected chi connectivity index (χ2v) is 4.72. The topological polar surface area (TPSA) is 49.3 Å². The number of rotatable bonds is 3. The fraction of sp³-hybridized carbons (Fsp3) is 0.462. The summed E-state index contributed by atoms with van der Waals surface area (Å²) in [7, 11) is 0. The van der Waals surface area contributed by atoms with Crippen molar-refractivity contribution in [3.63, 3.8) is 0 Å². The van der Waals surface area contributed by atoms with E-state index in [1.165, 1.54) is 18.2 Å². The molecule has 1 fully saturated rings. The molecule has 0 bridgehead atoms. The lowest BCUT2D eigenvalue weighted by atomic mass is 9.80. The molecule has 1 aromatic carbocycles. The van der Waals surface area contributed by atoms with Crippen molar-refractivity contribution in [2.75, 3.05) is 6.54 Å². The van der Waals surface area contributed by atoms with Crippen LogP contribution in [-0.2, 0) is 0 Å². The summed E-state index contributed by atoms with van der Waals surface area (Å²) in [5.41, 5.74) is 0.321. The molecule has 1 amide bonds. The summed E-state index contributed by atoms with van der Waals surface area (Å²) in [5.74, 6) is -0.612. The second kappa shape index (κ2) is 4.45. The first-order chi connectivity index (χ1) is 8.00. The molecule has 0 saturated heterocycles. The highest BCUT2D eigenvalue weighted by atomic mass is 19.1. The predicted octanol–water partition coefficient (Wildman–Crippen LogP) is 1.78. The van der Waals surface area contributed by atoms with Gasteiger partial charge in [-0.25, -0.2) is 4.39 Å². The van der Waals surface area contributed by atoms with E-state index in [-0.39, 0.29) is 18.3 Å². The van der Waals surface area contributed by atoms with Crippen molar-refractivity contribution in [3.8, 4) is 0 Å². The van der Waals surface area contributed by atoms with Gasteiger partial charge in [-0.2, -0.15) is 0 Å². The zero-order valence-corrected chi connectivity index (χ0v) is 9.79. The van der Waals surface area contributed by atoms with Crippen LogP contribution in [0.3, 0.4) is 0 Å². The van der Waals surface area contributed by atoms with Gasteiger partial charge in [-0.1, -0.05) is 0 Å². The van der Waals surface area contributed by atoms with Gasteiger partial charge >= 0.3 is 0 Å². The first-order valence-electron chi connectivity index (χ1n) is 5.77. The van der Waals surface area contributed by atoms with Crippen LogP contribution in [0.5, 0.6) is 0 Å². The molecule has 0 radical (unpaired) electrons. The van der Waals surface area contributed by atoms with Crippen LogP contribution in [0.4, 0.5) is 4.39 Å². The third-order valence-electron chi connectivity index (χ3n) is 3.30. The Bertz CT molecular complexity index is 441. The van der Waals surface area contributed by atoms with Crippen LogP contribution in [0.25, 0.3) is 0 Å².